The van der Waals surface area contributed by atoms with E-state index in [0.717, 1.165) is 11.8 Å². The molecule has 0 atom stereocenters. The second kappa shape index (κ2) is 5.56. The Balaban J connectivity index is 2.31. The Morgan fingerprint density at radius 1 is 1.35 bits per heavy atom. The largest absolute Gasteiger partial charge is 0.398 e. The Kier molecular flexibility index (Phi) is 3.84. The third kappa shape index (κ3) is 2.85. The maximum Gasteiger partial charge on any atom is 0.257 e. The fourth-order valence-electron chi connectivity index (χ4n) is 1.79. The zero-order valence-corrected chi connectivity index (χ0v) is 11.2. The first-order valence-electron chi connectivity index (χ1n) is 5.96. The minimum absolute atomic E-state index is 0.0959. The summed E-state index contributed by atoms with van der Waals surface area (Å²) in [7, 11) is 3.70. The van der Waals surface area contributed by atoms with Gasteiger partial charge in [0.05, 0.1) is 23.1 Å². The van der Waals surface area contributed by atoms with E-state index in [2.05, 4.69) is 10.3 Å². The number of carbonyl (C=O) groups is 1. The second-order valence-electron chi connectivity index (χ2n) is 4.47. The molecular weight excluding hydrogens is 259 g/mol. The first-order chi connectivity index (χ1) is 9.49. The number of halogens is 1. The van der Waals surface area contributed by atoms with E-state index < -0.39 is 11.7 Å². The van der Waals surface area contributed by atoms with Gasteiger partial charge in [0, 0.05) is 26.0 Å². The number of amides is 1. The normalized spacial score (nSPS) is 10.2. The van der Waals surface area contributed by atoms with Crippen molar-refractivity contribution in [2.24, 2.45) is 0 Å². The Morgan fingerprint density at radius 2 is 2.10 bits per heavy atom. The average Bonchev–Trinajstić information content (AvgIpc) is 2.41. The number of hydrogen-bond donors (Lipinski definition) is 2. The maximum atomic E-state index is 13.2. The number of rotatable bonds is 3. The average molecular weight is 274 g/mol. The molecule has 0 saturated carbocycles. The molecule has 0 aliphatic rings. The van der Waals surface area contributed by atoms with Gasteiger partial charge in [0.2, 0.25) is 0 Å². The van der Waals surface area contributed by atoms with Crippen molar-refractivity contribution in [1.29, 1.82) is 0 Å². The summed E-state index contributed by atoms with van der Waals surface area (Å²) >= 11 is 0. The Hall–Kier alpha value is -2.63. The molecule has 104 valence electrons. The van der Waals surface area contributed by atoms with Crippen LogP contribution in [-0.4, -0.2) is 25.0 Å². The zero-order chi connectivity index (χ0) is 14.7. The van der Waals surface area contributed by atoms with E-state index in [0.29, 0.717) is 5.69 Å². The molecule has 20 heavy (non-hydrogen) atoms. The molecule has 2 rings (SSSR count). The summed E-state index contributed by atoms with van der Waals surface area (Å²) in [6.07, 6.45) is 3.16. The fraction of sp³-hybridized carbons (Fsp3) is 0.143. The van der Waals surface area contributed by atoms with Crippen molar-refractivity contribution < 1.29 is 9.18 Å². The molecule has 0 spiro atoms. The van der Waals surface area contributed by atoms with Crippen molar-refractivity contribution in [2.75, 3.05) is 30.0 Å². The smallest absolute Gasteiger partial charge is 0.257 e. The molecule has 1 amide bonds. The monoisotopic (exact) mass is 274 g/mol. The van der Waals surface area contributed by atoms with Crippen molar-refractivity contribution in [1.82, 2.24) is 4.98 Å². The van der Waals surface area contributed by atoms with Crippen LogP contribution in [0.2, 0.25) is 0 Å². The number of nitrogens with one attached hydrogen (secondary N) is 1. The van der Waals surface area contributed by atoms with Gasteiger partial charge in [0.15, 0.2) is 0 Å². The predicted molar refractivity (Wildman–Crippen MR) is 77.3 cm³/mol. The molecular formula is C14H15FN4O. The van der Waals surface area contributed by atoms with E-state index in [-0.39, 0.29) is 11.3 Å². The number of nitrogens with zero attached hydrogens (tertiary/aromatic N) is 2. The quantitative estimate of drug-likeness (QED) is 0.841. The van der Waals surface area contributed by atoms with Gasteiger partial charge < -0.3 is 16.0 Å². The maximum absolute atomic E-state index is 13.2. The standard InChI is InChI=1S/C14H15FN4O/c1-19(2)13-5-6-17-8-12(13)18-14(20)10-7-9(15)3-4-11(10)16/h3-8H,16H2,1-2H3,(H,18,20). The van der Waals surface area contributed by atoms with Crippen LogP contribution in [0.4, 0.5) is 21.5 Å². The molecule has 1 heterocycles. The van der Waals surface area contributed by atoms with Crippen LogP contribution < -0.4 is 16.0 Å². The first kappa shape index (κ1) is 13.8. The van der Waals surface area contributed by atoms with E-state index in [1.807, 2.05) is 19.0 Å². The molecule has 1 aromatic carbocycles. The molecule has 1 aromatic heterocycles. The highest BCUT2D eigenvalue weighted by Crippen LogP contribution is 2.24. The molecule has 0 fully saturated rings. The van der Waals surface area contributed by atoms with Crippen LogP contribution in [0.3, 0.4) is 0 Å². The lowest BCUT2D eigenvalue weighted by molar-refractivity contribution is 0.102. The van der Waals surface area contributed by atoms with Crippen molar-refractivity contribution in [3.05, 3.63) is 48.0 Å². The molecule has 2 aromatic rings. The van der Waals surface area contributed by atoms with Crippen molar-refractivity contribution in [2.45, 2.75) is 0 Å². The molecule has 0 aliphatic carbocycles. The number of anilines is 3. The first-order valence-corrected chi connectivity index (χ1v) is 5.96. The number of pyridine rings is 1. The van der Waals surface area contributed by atoms with Crippen LogP contribution in [0.15, 0.2) is 36.7 Å². The topological polar surface area (TPSA) is 71.2 Å². The highest BCUT2D eigenvalue weighted by atomic mass is 19.1. The van der Waals surface area contributed by atoms with Gasteiger partial charge in [-0.1, -0.05) is 0 Å². The van der Waals surface area contributed by atoms with E-state index in [9.17, 15) is 9.18 Å². The lowest BCUT2D eigenvalue weighted by Crippen LogP contribution is -2.18. The van der Waals surface area contributed by atoms with Crippen molar-refractivity contribution >= 4 is 23.0 Å². The Morgan fingerprint density at radius 3 is 2.80 bits per heavy atom. The van der Waals surface area contributed by atoms with Crippen LogP contribution in [0.25, 0.3) is 0 Å². The number of aromatic nitrogens is 1. The summed E-state index contributed by atoms with van der Waals surface area (Å²) in [6.45, 7) is 0. The zero-order valence-electron chi connectivity index (χ0n) is 11.2. The van der Waals surface area contributed by atoms with Gasteiger partial charge in [0.1, 0.15) is 5.82 Å². The number of carbonyl (C=O) groups excluding carboxylic acids is 1. The SMILES string of the molecule is CN(C)c1ccncc1NC(=O)c1cc(F)ccc1N. The van der Waals surface area contributed by atoms with Gasteiger partial charge in [-0.15, -0.1) is 0 Å². The third-order valence-corrected chi connectivity index (χ3v) is 2.79. The van der Waals surface area contributed by atoms with E-state index >= 15 is 0 Å². The lowest BCUT2D eigenvalue weighted by Gasteiger charge is -2.17. The van der Waals surface area contributed by atoms with Crippen molar-refractivity contribution in [3.63, 3.8) is 0 Å². The van der Waals surface area contributed by atoms with Crippen LogP contribution in [0.5, 0.6) is 0 Å². The number of benzene rings is 1. The van der Waals surface area contributed by atoms with Crippen LogP contribution >= 0.6 is 0 Å². The fourth-order valence-corrected chi connectivity index (χ4v) is 1.79. The Bertz CT molecular complexity index is 643. The molecule has 0 radical (unpaired) electrons. The molecule has 6 heteroatoms. The molecule has 0 bridgehead atoms. The summed E-state index contributed by atoms with van der Waals surface area (Å²) in [5, 5.41) is 2.69. The molecule has 3 N–H and O–H groups in total. The molecule has 5 nitrogen and oxygen atoms in total. The van der Waals surface area contributed by atoms with E-state index in [4.69, 9.17) is 5.73 Å². The summed E-state index contributed by atoms with van der Waals surface area (Å²) in [4.78, 5) is 18.0. The van der Waals surface area contributed by atoms with Gasteiger partial charge in [0.25, 0.3) is 5.91 Å². The van der Waals surface area contributed by atoms with Crippen LogP contribution in [0.1, 0.15) is 10.4 Å². The summed E-state index contributed by atoms with van der Waals surface area (Å²) in [5.74, 6) is -0.985. The summed E-state index contributed by atoms with van der Waals surface area (Å²) in [5.41, 5.74) is 7.33. The number of nitrogen functional groups attached to an aromatic ring is 1. The van der Waals surface area contributed by atoms with Gasteiger partial charge in [-0.25, -0.2) is 4.39 Å². The van der Waals surface area contributed by atoms with Gasteiger partial charge >= 0.3 is 0 Å². The molecule has 0 saturated heterocycles. The van der Waals surface area contributed by atoms with Gasteiger partial charge in [-0.3, -0.25) is 9.78 Å². The Labute approximate surface area is 116 Å². The molecule has 0 unspecified atom stereocenters. The van der Waals surface area contributed by atoms with Crippen LogP contribution in [-0.2, 0) is 0 Å². The summed E-state index contributed by atoms with van der Waals surface area (Å²) < 4.78 is 13.2. The predicted octanol–water partition coefficient (Wildman–Crippen LogP) is 2.12. The van der Waals surface area contributed by atoms with E-state index in [1.54, 1.807) is 12.3 Å². The summed E-state index contributed by atoms with van der Waals surface area (Å²) in [6, 6.07) is 5.45. The van der Waals surface area contributed by atoms with Gasteiger partial charge in [-0.05, 0) is 24.3 Å². The minimum atomic E-state index is -0.511. The van der Waals surface area contributed by atoms with E-state index in [1.165, 1.54) is 18.3 Å². The highest BCUT2D eigenvalue weighted by Gasteiger charge is 2.13. The highest BCUT2D eigenvalue weighted by molar-refractivity contribution is 6.08. The molecule has 0 aliphatic heterocycles. The lowest BCUT2D eigenvalue weighted by atomic mass is 10.1. The van der Waals surface area contributed by atoms with Crippen LogP contribution in [0, 0.1) is 5.82 Å². The third-order valence-electron chi connectivity index (χ3n) is 2.79. The minimum Gasteiger partial charge on any atom is -0.398 e. The van der Waals surface area contributed by atoms with Crippen molar-refractivity contribution in [3.8, 4) is 0 Å². The number of nitrogens with two attached hydrogens (primary N) is 1. The van der Waals surface area contributed by atoms with Gasteiger partial charge in [-0.2, -0.15) is 0 Å². The number of hydrogen-bond acceptors (Lipinski definition) is 4. The second-order valence-corrected chi connectivity index (χ2v) is 4.47.